The van der Waals surface area contributed by atoms with Gasteiger partial charge in [0, 0.05) is 8.22 Å². The summed E-state index contributed by atoms with van der Waals surface area (Å²) in [5.74, 6) is -0.475. The second kappa shape index (κ2) is 9.34. The quantitative estimate of drug-likeness (QED) is 0.274. The van der Waals surface area contributed by atoms with Gasteiger partial charge in [0.15, 0.2) is 0 Å². The third kappa shape index (κ3) is 5.89. The predicted octanol–water partition coefficient (Wildman–Crippen LogP) is 6.31. The lowest BCUT2D eigenvalue weighted by Crippen LogP contribution is -2.55. The second-order valence-electron chi connectivity index (χ2n) is 10.4. The predicted molar refractivity (Wildman–Crippen MR) is 113 cm³/mol. The number of aliphatic hydroxyl groups is 3. The summed E-state index contributed by atoms with van der Waals surface area (Å²) in [4.78, 5) is 0. The van der Waals surface area contributed by atoms with Crippen molar-refractivity contribution in [3.63, 3.8) is 0 Å². The fourth-order valence-electron chi connectivity index (χ4n) is 6.31. The van der Waals surface area contributed by atoms with E-state index in [1.54, 1.807) is 6.92 Å². The maximum atomic E-state index is 13.2. The highest BCUT2D eigenvalue weighted by atomic mass is 19.4. The van der Waals surface area contributed by atoms with Crippen LogP contribution in [0.5, 0.6) is 0 Å². The van der Waals surface area contributed by atoms with E-state index in [0.717, 1.165) is 0 Å². The van der Waals surface area contributed by atoms with Crippen LogP contribution >= 0.6 is 0 Å². The summed E-state index contributed by atoms with van der Waals surface area (Å²) < 4.78 is 125. The Morgan fingerprint density at radius 3 is 2.15 bits per heavy atom. The molecule has 0 heterocycles. The van der Waals surface area contributed by atoms with Crippen LogP contribution in [-0.2, 0) is 0 Å². The highest BCUT2D eigenvalue weighted by Crippen LogP contribution is 2.62. The molecular formula is C24H38F6O3. The van der Waals surface area contributed by atoms with Crippen LogP contribution in [0.3, 0.4) is 0 Å². The van der Waals surface area contributed by atoms with E-state index in [1.807, 2.05) is 6.92 Å². The Kier molecular flexibility index (Phi) is 5.77. The molecule has 0 saturated heterocycles. The van der Waals surface area contributed by atoms with Gasteiger partial charge in [0.1, 0.15) is 0 Å². The molecule has 2 rings (SSSR count). The molecule has 0 aromatic rings. The molecule has 0 aliphatic heterocycles. The molecule has 3 N–H and O–H groups in total. The van der Waals surface area contributed by atoms with Gasteiger partial charge in [-0.1, -0.05) is 32.8 Å². The molecule has 2 aliphatic rings. The highest BCUT2D eigenvalue weighted by Gasteiger charge is 2.69. The monoisotopic (exact) mass is 494 g/mol. The molecule has 194 valence electrons. The summed E-state index contributed by atoms with van der Waals surface area (Å²) >= 11 is 0. The van der Waals surface area contributed by atoms with Gasteiger partial charge in [0.25, 0.3) is 5.60 Å². The molecule has 0 amide bonds. The van der Waals surface area contributed by atoms with Crippen molar-refractivity contribution in [2.24, 2.45) is 22.7 Å². The second-order valence-corrected chi connectivity index (χ2v) is 10.4. The van der Waals surface area contributed by atoms with Gasteiger partial charge in [-0.25, -0.2) is 0 Å². The molecule has 9 heteroatoms. The van der Waals surface area contributed by atoms with Gasteiger partial charge in [-0.05, 0) is 87.4 Å². The number of halogens is 6. The Bertz CT molecular complexity index is 860. The largest absolute Gasteiger partial charge is 0.429 e. The van der Waals surface area contributed by atoms with Gasteiger partial charge in [-0.3, -0.25) is 0 Å². The first kappa shape index (κ1) is 20.4. The van der Waals surface area contributed by atoms with Gasteiger partial charge in [-0.2, -0.15) is 26.3 Å². The van der Waals surface area contributed by atoms with Crippen molar-refractivity contribution in [3.05, 3.63) is 12.2 Å². The maximum Gasteiger partial charge on any atom is 0.429 e. The van der Waals surface area contributed by atoms with E-state index in [1.165, 1.54) is 0 Å². The summed E-state index contributed by atoms with van der Waals surface area (Å²) in [5.41, 5.74) is -9.73. The average molecular weight is 495 g/mol. The number of aliphatic hydroxyl groups excluding tert-OH is 1. The third-order valence-corrected chi connectivity index (χ3v) is 8.02. The Morgan fingerprint density at radius 1 is 1.00 bits per heavy atom. The van der Waals surface area contributed by atoms with E-state index in [-0.39, 0.29) is 37.2 Å². The number of allylic oxidation sites excluding steroid dienone is 1. The number of hydrogen-bond donors (Lipinski definition) is 3. The molecule has 0 bridgehead atoms. The number of hydrogen-bond acceptors (Lipinski definition) is 3. The molecule has 0 aromatic carbocycles. The van der Waals surface area contributed by atoms with E-state index in [0.29, 0.717) is 38.2 Å². The van der Waals surface area contributed by atoms with Crippen LogP contribution in [0.1, 0.15) is 93.6 Å². The Labute approximate surface area is 200 Å². The van der Waals surface area contributed by atoms with E-state index in [2.05, 4.69) is 0 Å². The molecule has 2 aliphatic carbocycles. The Morgan fingerprint density at radius 2 is 1.61 bits per heavy atom. The van der Waals surface area contributed by atoms with Crippen molar-refractivity contribution in [1.82, 2.24) is 0 Å². The van der Waals surface area contributed by atoms with Gasteiger partial charge in [-0.15, -0.1) is 0 Å². The lowest BCUT2D eigenvalue weighted by atomic mass is 9.56. The fraction of sp³-hybridized carbons (Fsp3) is 0.917. The molecular weight excluding hydrogens is 450 g/mol. The maximum absolute atomic E-state index is 13.2. The first-order valence-electron chi connectivity index (χ1n) is 14.2. The van der Waals surface area contributed by atoms with Gasteiger partial charge in [0.05, 0.1) is 11.7 Å². The molecule has 33 heavy (non-hydrogen) atoms. The van der Waals surface area contributed by atoms with Crippen LogP contribution in [0.4, 0.5) is 26.3 Å². The van der Waals surface area contributed by atoms with Crippen LogP contribution in [0.25, 0.3) is 0 Å². The third-order valence-electron chi connectivity index (χ3n) is 8.02. The normalized spacial score (nSPS) is 35.1. The van der Waals surface area contributed by atoms with Crippen LogP contribution in [0, 0.1) is 22.7 Å². The minimum Gasteiger partial charge on any atom is -0.393 e. The zero-order chi connectivity index (χ0) is 30.5. The molecule has 5 atom stereocenters. The average Bonchev–Trinajstić information content (AvgIpc) is 3.09. The molecule has 0 unspecified atom stereocenters. The van der Waals surface area contributed by atoms with Gasteiger partial charge in [0.2, 0.25) is 0 Å². The fourth-order valence-corrected chi connectivity index (χ4v) is 6.31. The van der Waals surface area contributed by atoms with E-state index < -0.39 is 60.6 Å². The zero-order valence-electron chi connectivity index (χ0n) is 24.9. The lowest BCUT2D eigenvalue weighted by Gasteiger charge is -2.50. The molecule has 0 aromatic heterocycles. The van der Waals surface area contributed by atoms with E-state index in [9.17, 15) is 41.7 Å². The zero-order valence-corrected chi connectivity index (χ0v) is 18.9. The summed E-state index contributed by atoms with van der Waals surface area (Å²) in [6.45, 7) is -3.01. The number of alkyl halides is 6. The first-order valence-corrected chi connectivity index (χ1v) is 11.2. The molecule has 2 fully saturated rings. The van der Waals surface area contributed by atoms with Crippen molar-refractivity contribution in [3.8, 4) is 0 Å². The smallest absolute Gasteiger partial charge is 0.393 e. The molecule has 0 radical (unpaired) electrons. The van der Waals surface area contributed by atoms with Gasteiger partial charge >= 0.3 is 12.4 Å². The highest BCUT2D eigenvalue weighted by molar-refractivity contribution is 5.13. The topological polar surface area (TPSA) is 60.7 Å². The molecule has 2 saturated carbocycles. The van der Waals surface area contributed by atoms with E-state index >= 15 is 0 Å². The van der Waals surface area contributed by atoms with Crippen molar-refractivity contribution in [2.75, 3.05) is 0 Å². The Balaban J connectivity index is 2.45. The number of fused-ring (bicyclic) bond motifs is 1. The SMILES string of the molecule is [2H]C([2H])([2H])C(O)(CCC[C@@](C)(C/C=C\C(O)(C(F)(F)F)C(F)(F)F)[C@H]1CC[C@H]2[C@@H](O)CCC[C@]12C)C([2H])([2H])[2H]. The van der Waals surface area contributed by atoms with Crippen molar-refractivity contribution in [1.29, 1.82) is 0 Å². The van der Waals surface area contributed by atoms with Crippen molar-refractivity contribution >= 4 is 0 Å². The molecule has 3 nitrogen and oxygen atoms in total. The molecule has 0 spiro atoms. The summed E-state index contributed by atoms with van der Waals surface area (Å²) in [6, 6.07) is 0. The van der Waals surface area contributed by atoms with E-state index in [4.69, 9.17) is 8.22 Å². The summed E-state index contributed by atoms with van der Waals surface area (Å²) in [5, 5.41) is 30.8. The van der Waals surface area contributed by atoms with Crippen molar-refractivity contribution in [2.45, 2.75) is 115 Å². The Hall–Kier alpha value is -0.800. The van der Waals surface area contributed by atoms with Crippen LogP contribution in [-0.4, -0.2) is 45.0 Å². The van der Waals surface area contributed by atoms with Crippen molar-refractivity contribution < 1.29 is 49.9 Å². The standard InChI is InChI=1S/C24H38F6O3/c1-19(2,32)11-6-12-20(3,13-7-15-22(33,23(25,26)27)24(28,29)30)18-10-9-16-17(31)8-5-14-21(16,18)4/h7,15-18,31-33H,5-6,8-14H2,1-4H3/b15-7-/t16-,17-,18+,20-,21-/m0/s1/i1D3,2D3. The summed E-state index contributed by atoms with van der Waals surface area (Å²) in [7, 11) is 0. The first-order chi connectivity index (χ1) is 17.3. The van der Waals surface area contributed by atoms with Crippen LogP contribution < -0.4 is 0 Å². The minimum absolute atomic E-state index is 0.0225. The lowest BCUT2D eigenvalue weighted by molar-refractivity contribution is -0.347. The van der Waals surface area contributed by atoms with Gasteiger partial charge < -0.3 is 15.3 Å². The van der Waals surface area contributed by atoms with Crippen LogP contribution in [0.15, 0.2) is 12.2 Å². The minimum atomic E-state index is -6.04. The van der Waals surface area contributed by atoms with Crippen LogP contribution in [0.2, 0.25) is 0 Å². The number of rotatable bonds is 8. The summed E-state index contributed by atoms with van der Waals surface area (Å²) in [6.07, 6.45) is -10.7.